The van der Waals surface area contributed by atoms with E-state index >= 15 is 0 Å². The topological polar surface area (TPSA) is 52.6 Å². The summed E-state index contributed by atoms with van der Waals surface area (Å²) in [7, 11) is 0. The van der Waals surface area contributed by atoms with Gasteiger partial charge in [-0.3, -0.25) is 9.59 Å². The zero-order valence-electron chi connectivity index (χ0n) is 19.7. The molecular weight excluding hydrogens is 388 g/mol. The van der Waals surface area contributed by atoms with Gasteiger partial charge in [-0.2, -0.15) is 0 Å². The molecule has 8 fully saturated rings. The first-order valence-electron chi connectivity index (χ1n) is 13.1. The summed E-state index contributed by atoms with van der Waals surface area (Å²) in [6.45, 7) is 6.91. The lowest BCUT2D eigenvalue weighted by atomic mass is 9.50. The fourth-order valence-corrected chi connectivity index (χ4v) is 11.1. The van der Waals surface area contributed by atoms with Crippen molar-refractivity contribution in [3.05, 3.63) is 0 Å². The van der Waals surface area contributed by atoms with E-state index in [1.807, 2.05) is 13.8 Å². The third-order valence-corrected chi connectivity index (χ3v) is 11.5. The van der Waals surface area contributed by atoms with Crippen LogP contribution in [0.3, 0.4) is 0 Å². The van der Waals surface area contributed by atoms with Gasteiger partial charge in [0.1, 0.15) is 0 Å². The molecule has 4 atom stereocenters. The second-order valence-electron chi connectivity index (χ2n) is 12.8. The summed E-state index contributed by atoms with van der Waals surface area (Å²) >= 11 is 0. The summed E-state index contributed by atoms with van der Waals surface area (Å²) in [5.41, 5.74) is -0.952. The van der Waals surface area contributed by atoms with Gasteiger partial charge in [-0.05, 0) is 125 Å². The molecule has 0 aliphatic heterocycles. The quantitative estimate of drug-likeness (QED) is 0.395. The highest BCUT2D eigenvalue weighted by atomic mass is 16.6. The highest BCUT2D eigenvalue weighted by molar-refractivity contribution is 6.01. The lowest BCUT2D eigenvalue weighted by Crippen LogP contribution is -2.58. The van der Waals surface area contributed by atoms with Crippen LogP contribution in [0.5, 0.6) is 0 Å². The average Bonchev–Trinajstić information content (AvgIpc) is 3.24. The molecule has 0 N–H and O–H groups in total. The standard InChI is InChI=1S/C27H40O4/c1-4-30-22(28)27(23(29)31-5-2,26-14-17-6-18(15-26)9-21(26)8-17)16-25-12-19-7-20(13-25)11-24(25,3)10-19/h17-21H,4-16H2,1-3H3. The summed E-state index contributed by atoms with van der Waals surface area (Å²) < 4.78 is 11.7. The van der Waals surface area contributed by atoms with Gasteiger partial charge in [-0.15, -0.1) is 0 Å². The Morgan fingerprint density at radius 2 is 1.29 bits per heavy atom. The van der Waals surface area contributed by atoms with Gasteiger partial charge in [-0.1, -0.05) is 6.92 Å². The highest BCUT2D eigenvalue weighted by Crippen LogP contribution is 2.79. The predicted molar refractivity (Wildman–Crippen MR) is 117 cm³/mol. The summed E-state index contributed by atoms with van der Waals surface area (Å²) in [6, 6.07) is 0. The minimum Gasteiger partial charge on any atom is -0.465 e. The third kappa shape index (κ3) is 2.43. The Labute approximate surface area is 187 Å². The second-order valence-corrected chi connectivity index (χ2v) is 12.8. The van der Waals surface area contributed by atoms with Gasteiger partial charge in [0.2, 0.25) is 0 Å². The SMILES string of the molecule is CCOC(=O)C(CC12CC3CC(CC1(C)C3)C2)(C(=O)OCC)C12CC3CC(CC1C3)C2. The molecule has 4 nitrogen and oxygen atoms in total. The van der Waals surface area contributed by atoms with E-state index in [1.165, 1.54) is 51.4 Å². The van der Waals surface area contributed by atoms with E-state index in [-0.39, 0.29) is 28.2 Å². The molecule has 4 unspecified atom stereocenters. The minimum atomic E-state index is -1.10. The molecule has 8 aliphatic carbocycles. The molecule has 8 rings (SSSR count). The molecule has 4 heteroatoms. The van der Waals surface area contributed by atoms with E-state index in [1.54, 1.807) is 0 Å². The van der Waals surface area contributed by atoms with Crippen LogP contribution in [0.25, 0.3) is 0 Å². The summed E-state index contributed by atoms with van der Waals surface area (Å²) in [6.07, 6.45) is 12.8. The fourth-order valence-electron chi connectivity index (χ4n) is 11.1. The van der Waals surface area contributed by atoms with Gasteiger partial charge >= 0.3 is 11.9 Å². The van der Waals surface area contributed by atoms with Crippen molar-refractivity contribution in [1.82, 2.24) is 0 Å². The smallest absolute Gasteiger partial charge is 0.324 e. The van der Waals surface area contributed by atoms with Crippen LogP contribution in [0.15, 0.2) is 0 Å². The number of esters is 2. The minimum absolute atomic E-state index is 0.106. The first-order valence-corrected chi connectivity index (χ1v) is 13.1. The molecule has 0 heterocycles. The molecule has 172 valence electrons. The molecule has 0 aromatic carbocycles. The van der Waals surface area contributed by atoms with Crippen molar-refractivity contribution in [2.75, 3.05) is 13.2 Å². The van der Waals surface area contributed by atoms with Crippen molar-refractivity contribution < 1.29 is 19.1 Å². The molecule has 31 heavy (non-hydrogen) atoms. The van der Waals surface area contributed by atoms with Crippen LogP contribution in [0.4, 0.5) is 0 Å². The van der Waals surface area contributed by atoms with Crippen LogP contribution in [-0.4, -0.2) is 25.2 Å². The van der Waals surface area contributed by atoms with Crippen LogP contribution in [0.2, 0.25) is 0 Å². The van der Waals surface area contributed by atoms with E-state index in [4.69, 9.17) is 9.47 Å². The van der Waals surface area contributed by atoms with Crippen molar-refractivity contribution in [2.45, 2.75) is 91.4 Å². The van der Waals surface area contributed by atoms with Crippen molar-refractivity contribution in [3.8, 4) is 0 Å². The summed E-state index contributed by atoms with van der Waals surface area (Å²) in [4.78, 5) is 28.1. The first kappa shape index (κ1) is 20.5. The first-order chi connectivity index (χ1) is 14.8. The Hall–Kier alpha value is -1.06. The van der Waals surface area contributed by atoms with Crippen molar-refractivity contribution >= 4 is 11.9 Å². The number of rotatable bonds is 7. The maximum atomic E-state index is 14.1. The zero-order chi connectivity index (χ0) is 21.6. The van der Waals surface area contributed by atoms with Crippen molar-refractivity contribution in [1.29, 1.82) is 0 Å². The van der Waals surface area contributed by atoms with Gasteiger partial charge in [-0.25, -0.2) is 0 Å². The van der Waals surface area contributed by atoms with E-state index in [9.17, 15) is 9.59 Å². The molecule has 8 bridgehead atoms. The van der Waals surface area contributed by atoms with Gasteiger partial charge in [0, 0.05) is 5.41 Å². The Bertz CT molecular complexity index is 753. The van der Waals surface area contributed by atoms with Crippen LogP contribution in [-0.2, 0) is 19.1 Å². The number of ether oxygens (including phenoxy) is 2. The van der Waals surface area contributed by atoms with Crippen LogP contribution >= 0.6 is 0 Å². The molecule has 0 aromatic rings. The van der Waals surface area contributed by atoms with E-state index in [2.05, 4.69) is 6.92 Å². The lowest BCUT2D eigenvalue weighted by Gasteiger charge is -2.52. The number of hydrogen-bond acceptors (Lipinski definition) is 4. The maximum Gasteiger partial charge on any atom is 0.324 e. The maximum absolute atomic E-state index is 14.1. The number of carbonyl (C=O) groups is 2. The predicted octanol–water partition coefficient (Wildman–Crippen LogP) is 5.53. The van der Waals surface area contributed by atoms with Gasteiger partial charge in [0.25, 0.3) is 0 Å². The normalized spacial score (nSPS) is 48.5. The number of carbonyl (C=O) groups excluding carboxylic acids is 2. The Morgan fingerprint density at radius 1 is 0.774 bits per heavy atom. The van der Waals surface area contributed by atoms with Crippen molar-refractivity contribution in [2.24, 2.45) is 51.2 Å². The second kappa shape index (κ2) is 6.50. The molecule has 0 amide bonds. The van der Waals surface area contributed by atoms with Crippen LogP contribution in [0.1, 0.15) is 91.4 Å². The Morgan fingerprint density at radius 3 is 1.81 bits per heavy atom. The van der Waals surface area contributed by atoms with E-state index in [0.717, 1.165) is 24.7 Å². The van der Waals surface area contributed by atoms with Gasteiger partial charge in [0.05, 0.1) is 13.2 Å². The fraction of sp³-hybridized carbons (Fsp3) is 0.926. The third-order valence-electron chi connectivity index (χ3n) is 11.5. The molecule has 8 saturated carbocycles. The number of hydrogen-bond donors (Lipinski definition) is 0. The largest absolute Gasteiger partial charge is 0.465 e. The van der Waals surface area contributed by atoms with Crippen molar-refractivity contribution in [3.63, 3.8) is 0 Å². The Balaban J connectivity index is 1.50. The summed E-state index contributed by atoms with van der Waals surface area (Å²) in [5.74, 6) is 2.94. The monoisotopic (exact) mass is 428 g/mol. The zero-order valence-corrected chi connectivity index (χ0v) is 19.7. The van der Waals surface area contributed by atoms with E-state index < -0.39 is 5.41 Å². The molecule has 0 radical (unpaired) electrons. The van der Waals surface area contributed by atoms with Gasteiger partial charge < -0.3 is 9.47 Å². The van der Waals surface area contributed by atoms with Crippen LogP contribution in [0, 0.1) is 51.2 Å². The molecule has 0 aromatic heterocycles. The lowest BCUT2D eigenvalue weighted by molar-refractivity contribution is -0.193. The Kier molecular flexibility index (Phi) is 4.31. The molecule has 0 saturated heterocycles. The average molecular weight is 429 g/mol. The highest BCUT2D eigenvalue weighted by Gasteiger charge is 2.76. The summed E-state index contributed by atoms with van der Waals surface area (Å²) in [5, 5.41) is 0. The molecular formula is C27H40O4. The van der Waals surface area contributed by atoms with Crippen LogP contribution < -0.4 is 0 Å². The van der Waals surface area contributed by atoms with E-state index in [0.29, 0.717) is 37.4 Å². The molecule has 8 aliphatic rings. The van der Waals surface area contributed by atoms with Gasteiger partial charge in [0.15, 0.2) is 5.41 Å². The molecule has 0 spiro atoms.